The van der Waals surface area contributed by atoms with E-state index in [-0.39, 0.29) is 0 Å². The van der Waals surface area contributed by atoms with Gasteiger partial charge >= 0.3 is 5.97 Å². The Balaban J connectivity index is 1.64. The smallest absolute Gasteiger partial charge is 0.335 e. The Morgan fingerprint density at radius 2 is 2.00 bits per heavy atom. The summed E-state index contributed by atoms with van der Waals surface area (Å²) in [5.41, 5.74) is 2.23. The maximum atomic E-state index is 10.8. The van der Waals surface area contributed by atoms with Gasteiger partial charge in [0.2, 0.25) is 0 Å². The SMILES string of the molecule is O=C(O)c1ccc(-c2csc(CSC3CCCC3)n2)cc1. The Morgan fingerprint density at radius 3 is 2.67 bits per heavy atom. The average Bonchev–Trinajstić information content (AvgIpc) is 3.17. The van der Waals surface area contributed by atoms with Crippen LogP contribution in [0.3, 0.4) is 0 Å². The lowest BCUT2D eigenvalue weighted by Gasteiger charge is -2.05. The minimum atomic E-state index is -0.895. The maximum Gasteiger partial charge on any atom is 0.335 e. The summed E-state index contributed by atoms with van der Waals surface area (Å²) in [6.45, 7) is 0. The number of carboxylic acid groups (broad SMARTS) is 1. The molecule has 21 heavy (non-hydrogen) atoms. The highest BCUT2D eigenvalue weighted by molar-refractivity contribution is 7.99. The van der Waals surface area contributed by atoms with Crippen LogP contribution in [-0.4, -0.2) is 21.3 Å². The third-order valence-corrected chi connectivity index (χ3v) is 6.14. The number of thiazole rings is 1. The van der Waals surface area contributed by atoms with Crippen LogP contribution >= 0.6 is 23.1 Å². The van der Waals surface area contributed by atoms with Gasteiger partial charge in [0.15, 0.2) is 0 Å². The highest BCUT2D eigenvalue weighted by atomic mass is 32.2. The Hall–Kier alpha value is -1.33. The number of hydrogen-bond donors (Lipinski definition) is 1. The molecular formula is C16H17NO2S2. The number of benzene rings is 1. The topological polar surface area (TPSA) is 50.2 Å². The molecule has 0 atom stereocenters. The second-order valence-electron chi connectivity index (χ2n) is 5.23. The number of carbonyl (C=O) groups is 1. The van der Waals surface area contributed by atoms with Crippen molar-refractivity contribution in [2.24, 2.45) is 0 Å². The minimum Gasteiger partial charge on any atom is -0.478 e. The van der Waals surface area contributed by atoms with Gasteiger partial charge in [0.25, 0.3) is 0 Å². The molecule has 5 heteroatoms. The van der Waals surface area contributed by atoms with Crippen molar-refractivity contribution in [2.45, 2.75) is 36.7 Å². The number of rotatable bonds is 5. The van der Waals surface area contributed by atoms with Crippen LogP contribution < -0.4 is 0 Å². The summed E-state index contributed by atoms with van der Waals surface area (Å²) >= 11 is 3.71. The molecule has 0 aliphatic heterocycles. The van der Waals surface area contributed by atoms with Crippen LogP contribution in [-0.2, 0) is 5.75 Å². The van der Waals surface area contributed by atoms with Crippen molar-refractivity contribution in [1.82, 2.24) is 4.98 Å². The van der Waals surface area contributed by atoms with Gasteiger partial charge in [0.1, 0.15) is 5.01 Å². The molecule has 0 spiro atoms. The zero-order chi connectivity index (χ0) is 14.7. The molecule has 3 nitrogen and oxygen atoms in total. The molecule has 1 aliphatic rings. The first-order chi connectivity index (χ1) is 10.2. The Bertz CT molecular complexity index is 615. The second kappa shape index (κ2) is 6.62. The molecule has 0 saturated heterocycles. The summed E-state index contributed by atoms with van der Waals surface area (Å²) in [4.78, 5) is 15.5. The molecule has 1 aliphatic carbocycles. The quantitative estimate of drug-likeness (QED) is 0.869. The van der Waals surface area contributed by atoms with Crippen LogP contribution in [0, 0.1) is 0 Å². The number of hydrogen-bond acceptors (Lipinski definition) is 4. The first-order valence-electron chi connectivity index (χ1n) is 7.12. The van der Waals surface area contributed by atoms with Gasteiger partial charge in [-0.05, 0) is 25.0 Å². The molecule has 0 amide bonds. The predicted octanol–water partition coefficient (Wildman–Crippen LogP) is 4.68. The zero-order valence-corrected chi connectivity index (χ0v) is 13.3. The number of aromatic nitrogens is 1. The van der Waals surface area contributed by atoms with Crippen LogP contribution in [0.4, 0.5) is 0 Å². The van der Waals surface area contributed by atoms with E-state index in [1.807, 2.05) is 23.9 Å². The molecule has 2 aromatic rings. The molecule has 0 radical (unpaired) electrons. The van der Waals surface area contributed by atoms with E-state index in [0.717, 1.165) is 27.3 Å². The second-order valence-corrected chi connectivity index (χ2v) is 7.46. The average molecular weight is 319 g/mol. The van der Waals surface area contributed by atoms with E-state index >= 15 is 0 Å². The molecule has 1 fully saturated rings. The van der Waals surface area contributed by atoms with Crippen molar-refractivity contribution in [3.63, 3.8) is 0 Å². The van der Waals surface area contributed by atoms with E-state index in [9.17, 15) is 4.79 Å². The van der Waals surface area contributed by atoms with Gasteiger partial charge in [-0.2, -0.15) is 11.8 Å². The highest BCUT2D eigenvalue weighted by Crippen LogP contribution is 2.33. The fourth-order valence-electron chi connectivity index (χ4n) is 2.54. The van der Waals surface area contributed by atoms with Crippen LogP contribution in [0.2, 0.25) is 0 Å². The molecule has 1 aromatic heterocycles. The van der Waals surface area contributed by atoms with Gasteiger partial charge in [0, 0.05) is 21.9 Å². The van der Waals surface area contributed by atoms with Crippen LogP contribution in [0.25, 0.3) is 11.3 Å². The Kier molecular flexibility index (Phi) is 4.60. The molecule has 1 N–H and O–H groups in total. The van der Waals surface area contributed by atoms with Gasteiger partial charge < -0.3 is 5.11 Å². The number of thioether (sulfide) groups is 1. The van der Waals surface area contributed by atoms with Crippen LogP contribution in [0.1, 0.15) is 41.0 Å². The van der Waals surface area contributed by atoms with Gasteiger partial charge in [-0.15, -0.1) is 11.3 Å². The largest absolute Gasteiger partial charge is 0.478 e. The molecule has 1 saturated carbocycles. The monoisotopic (exact) mass is 319 g/mol. The normalized spacial score (nSPS) is 15.4. The van der Waals surface area contributed by atoms with Crippen molar-refractivity contribution in [2.75, 3.05) is 0 Å². The lowest BCUT2D eigenvalue weighted by molar-refractivity contribution is 0.0697. The van der Waals surface area contributed by atoms with Gasteiger partial charge in [0.05, 0.1) is 11.3 Å². The van der Waals surface area contributed by atoms with Crippen molar-refractivity contribution in [3.8, 4) is 11.3 Å². The van der Waals surface area contributed by atoms with Crippen molar-refractivity contribution in [1.29, 1.82) is 0 Å². The Morgan fingerprint density at radius 1 is 1.29 bits per heavy atom. The van der Waals surface area contributed by atoms with E-state index in [2.05, 4.69) is 10.4 Å². The molecular weight excluding hydrogens is 302 g/mol. The van der Waals surface area contributed by atoms with Gasteiger partial charge in [-0.3, -0.25) is 0 Å². The van der Waals surface area contributed by atoms with E-state index < -0.39 is 5.97 Å². The first kappa shape index (κ1) is 14.6. The van der Waals surface area contributed by atoms with Crippen molar-refractivity contribution >= 4 is 29.1 Å². The third-order valence-electron chi connectivity index (χ3n) is 3.72. The molecule has 110 valence electrons. The standard InChI is InChI=1S/C16H17NO2S2/c18-16(19)12-7-5-11(6-8-12)14-9-21-15(17-14)10-20-13-3-1-2-4-13/h5-9,13H,1-4,10H2,(H,18,19). The van der Waals surface area contributed by atoms with Crippen LogP contribution in [0.15, 0.2) is 29.6 Å². The first-order valence-corrected chi connectivity index (χ1v) is 9.05. The summed E-state index contributed by atoms with van der Waals surface area (Å²) in [6, 6.07) is 6.91. The number of nitrogens with zero attached hydrogens (tertiary/aromatic N) is 1. The third kappa shape index (κ3) is 3.66. The summed E-state index contributed by atoms with van der Waals surface area (Å²) in [5, 5.41) is 12.9. The van der Waals surface area contributed by atoms with E-state index in [4.69, 9.17) is 5.11 Å². The predicted molar refractivity (Wildman–Crippen MR) is 88.1 cm³/mol. The fourth-order valence-corrected chi connectivity index (χ4v) is 4.71. The summed E-state index contributed by atoms with van der Waals surface area (Å²) in [6.07, 6.45) is 5.44. The fraction of sp³-hybridized carbons (Fsp3) is 0.375. The van der Waals surface area contributed by atoms with Crippen molar-refractivity contribution < 1.29 is 9.90 Å². The maximum absolute atomic E-state index is 10.8. The number of carboxylic acids is 1. The van der Waals surface area contributed by atoms with Crippen LogP contribution in [0.5, 0.6) is 0 Å². The van der Waals surface area contributed by atoms with E-state index in [1.165, 1.54) is 25.7 Å². The molecule has 0 bridgehead atoms. The van der Waals surface area contributed by atoms with E-state index in [1.54, 1.807) is 23.5 Å². The summed E-state index contributed by atoms with van der Waals surface area (Å²) in [7, 11) is 0. The zero-order valence-electron chi connectivity index (χ0n) is 11.6. The lowest BCUT2D eigenvalue weighted by atomic mass is 10.1. The molecule has 3 rings (SSSR count). The molecule has 1 heterocycles. The Labute approximate surface area is 132 Å². The highest BCUT2D eigenvalue weighted by Gasteiger charge is 2.16. The summed E-state index contributed by atoms with van der Waals surface area (Å²) < 4.78 is 0. The van der Waals surface area contributed by atoms with E-state index in [0.29, 0.717) is 5.56 Å². The van der Waals surface area contributed by atoms with Gasteiger partial charge in [-0.1, -0.05) is 25.0 Å². The number of aromatic carboxylic acids is 1. The summed E-state index contributed by atoms with van der Waals surface area (Å²) in [5.74, 6) is 0.0937. The van der Waals surface area contributed by atoms with Gasteiger partial charge in [-0.25, -0.2) is 9.78 Å². The molecule has 1 aromatic carbocycles. The lowest BCUT2D eigenvalue weighted by Crippen LogP contribution is -1.95. The van der Waals surface area contributed by atoms with Crippen molar-refractivity contribution in [3.05, 3.63) is 40.2 Å². The molecule has 0 unspecified atom stereocenters. The minimum absolute atomic E-state index is 0.311.